The zero-order chi connectivity index (χ0) is 22.1. The van der Waals surface area contributed by atoms with E-state index in [-0.39, 0.29) is 35.5 Å². The number of H-pyrrole nitrogens is 1. The molecule has 31 heavy (non-hydrogen) atoms. The number of aromatic nitrogens is 2. The van der Waals surface area contributed by atoms with Crippen molar-refractivity contribution in [2.24, 2.45) is 11.7 Å². The number of hydrogen-bond acceptors (Lipinski definition) is 6. The molecule has 10 nitrogen and oxygen atoms in total. The summed E-state index contributed by atoms with van der Waals surface area (Å²) in [6.45, 7) is 2.86. The van der Waals surface area contributed by atoms with Crippen molar-refractivity contribution in [1.82, 2.24) is 9.97 Å². The predicted octanol–water partition coefficient (Wildman–Crippen LogP) is 0.845. The fourth-order valence-corrected chi connectivity index (χ4v) is 4.04. The molecule has 1 aromatic carbocycles. The number of para-hydroxylation sites is 1. The number of benzene rings is 1. The van der Waals surface area contributed by atoms with Gasteiger partial charge in [-0.15, -0.1) is 0 Å². The second-order valence-electron chi connectivity index (χ2n) is 7.92. The SMILES string of the molecule is Cc1ccccc1NC(=O)C1CC(=O)Nc2nc(N3CCC(C(N)=O)CC3)[nH]c(=O)c21. The molecule has 0 aliphatic carbocycles. The molecule has 5 N–H and O–H groups in total. The molecule has 1 atom stereocenters. The second-order valence-corrected chi connectivity index (χ2v) is 7.92. The standard InChI is InChI=1S/C21H24N6O4/c1-11-4-2-3-5-14(11)23-19(30)13-10-15(28)24-18-16(13)20(31)26-21(25-18)27-8-6-12(7-9-27)17(22)29/h2-5,12-13H,6-10H2,1H3,(H2,22,29)(H,23,30)(H2,24,25,26,28,31). The van der Waals surface area contributed by atoms with Crippen LogP contribution in [0, 0.1) is 12.8 Å². The Balaban J connectivity index is 1.60. The van der Waals surface area contributed by atoms with Crippen LogP contribution in [-0.2, 0) is 14.4 Å². The molecule has 2 aliphatic heterocycles. The Hall–Kier alpha value is -3.69. The number of fused-ring (bicyclic) bond motifs is 1. The molecule has 0 saturated carbocycles. The summed E-state index contributed by atoms with van der Waals surface area (Å²) in [5, 5.41) is 5.42. The first kappa shape index (κ1) is 20.6. The van der Waals surface area contributed by atoms with Gasteiger partial charge in [0.2, 0.25) is 23.7 Å². The van der Waals surface area contributed by atoms with Gasteiger partial charge in [-0.1, -0.05) is 18.2 Å². The van der Waals surface area contributed by atoms with Crippen molar-refractivity contribution in [3.05, 3.63) is 45.7 Å². The molecule has 0 bridgehead atoms. The molecule has 4 rings (SSSR count). The summed E-state index contributed by atoms with van der Waals surface area (Å²) in [6.07, 6.45) is 0.979. The first-order valence-electron chi connectivity index (χ1n) is 10.2. The Labute approximate surface area is 178 Å². The van der Waals surface area contributed by atoms with Gasteiger partial charge in [0, 0.05) is 31.1 Å². The summed E-state index contributed by atoms with van der Waals surface area (Å²) >= 11 is 0. The fraction of sp³-hybridized carbons (Fsp3) is 0.381. The highest BCUT2D eigenvalue weighted by atomic mass is 16.2. The van der Waals surface area contributed by atoms with Gasteiger partial charge in [0.1, 0.15) is 5.82 Å². The van der Waals surface area contributed by atoms with Crippen LogP contribution in [0.4, 0.5) is 17.5 Å². The minimum atomic E-state index is -0.950. The second kappa shape index (κ2) is 8.21. The molecule has 0 spiro atoms. The lowest BCUT2D eigenvalue weighted by atomic mass is 9.92. The van der Waals surface area contributed by atoms with Crippen LogP contribution in [0.25, 0.3) is 0 Å². The number of primary amides is 1. The van der Waals surface area contributed by atoms with E-state index >= 15 is 0 Å². The monoisotopic (exact) mass is 424 g/mol. The van der Waals surface area contributed by atoms with Crippen LogP contribution in [0.5, 0.6) is 0 Å². The van der Waals surface area contributed by atoms with E-state index in [9.17, 15) is 19.2 Å². The van der Waals surface area contributed by atoms with Crippen LogP contribution in [0.2, 0.25) is 0 Å². The zero-order valence-electron chi connectivity index (χ0n) is 17.1. The number of hydrogen-bond donors (Lipinski definition) is 4. The maximum absolute atomic E-state index is 12.9. The van der Waals surface area contributed by atoms with Crippen molar-refractivity contribution in [1.29, 1.82) is 0 Å². The number of carbonyl (C=O) groups is 3. The third-order valence-corrected chi connectivity index (χ3v) is 5.85. The van der Waals surface area contributed by atoms with Gasteiger partial charge in [-0.05, 0) is 31.4 Å². The average Bonchev–Trinajstić information content (AvgIpc) is 2.74. The van der Waals surface area contributed by atoms with Gasteiger partial charge < -0.3 is 21.3 Å². The topological polar surface area (TPSA) is 150 Å². The number of nitrogens with one attached hydrogen (secondary N) is 3. The highest BCUT2D eigenvalue weighted by Gasteiger charge is 2.35. The summed E-state index contributed by atoms with van der Waals surface area (Å²) in [5.74, 6) is -1.91. The van der Waals surface area contributed by atoms with Crippen molar-refractivity contribution < 1.29 is 14.4 Å². The largest absolute Gasteiger partial charge is 0.369 e. The van der Waals surface area contributed by atoms with Crippen molar-refractivity contribution >= 4 is 35.2 Å². The maximum Gasteiger partial charge on any atom is 0.258 e. The van der Waals surface area contributed by atoms with Crippen LogP contribution in [0.1, 0.15) is 36.3 Å². The van der Waals surface area contributed by atoms with E-state index in [1.54, 1.807) is 12.1 Å². The van der Waals surface area contributed by atoms with E-state index in [4.69, 9.17) is 5.73 Å². The van der Waals surface area contributed by atoms with E-state index < -0.39 is 17.4 Å². The normalized spacial score (nSPS) is 18.8. The first-order valence-corrected chi connectivity index (χ1v) is 10.2. The van der Waals surface area contributed by atoms with Crippen molar-refractivity contribution in [3.63, 3.8) is 0 Å². The van der Waals surface area contributed by atoms with Gasteiger partial charge in [0.25, 0.3) is 5.56 Å². The van der Waals surface area contributed by atoms with Crippen molar-refractivity contribution in [2.75, 3.05) is 28.6 Å². The molecule has 1 fully saturated rings. The van der Waals surface area contributed by atoms with Crippen LogP contribution < -0.4 is 26.8 Å². The highest BCUT2D eigenvalue weighted by Crippen LogP contribution is 2.31. The summed E-state index contributed by atoms with van der Waals surface area (Å²) in [7, 11) is 0. The number of aromatic amines is 1. The Morgan fingerprint density at radius 3 is 2.58 bits per heavy atom. The third-order valence-electron chi connectivity index (χ3n) is 5.85. The van der Waals surface area contributed by atoms with Gasteiger partial charge in [-0.2, -0.15) is 4.98 Å². The highest BCUT2D eigenvalue weighted by molar-refractivity contribution is 6.04. The van der Waals surface area contributed by atoms with E-state index in [1.165, 1.54) is 0 Å². The minimum absolute atomic E-state index is 0.0944. The molecular formula is C21H24N6O4. The van der Waals surface area contributed by atoms with Crippen LogP contribution >= 0.6 is 0 Å². The molecule has 10 heteroatoms. The summed E-state index contributed by atoms with van der Waals surface area (Å²) in [5.41, 5.74) is 6.54. The van der Waals surface area contributed by atoms with Gasteiger partial charge in [-0.25, -0.2) is 0 Å². The lowest BCUT2D eigenvalue weighted by Gasteiger charge is -2.32. The Kier molecular flexibility index (Phi) is 5.45. The van der Waals surface area contributed by atoms with Gasteiger partial charge >= 0.3 is 0 Å². The van der Waals surface area contributed by atoms with Crippen LogP contribution in [-0.4, -0.2) is 40.8 Å². The maximum atomic E-state index is 12.9. The first-order chi connectivity index (χ1) is 14.8. The van der Waals surface area contributed by atoms with Gasteiger partial charge in [0.05, 0.1) is 11.5 Å². The third kappa shape index (κ3) is 4.14. The summed E-state index contributed by atoms with van der Waals surface area (Å²) in [4.78, 5) is 58.5. The van der Waals surface area contributed by atoms with Gasteiger partial charge in [0.15, 0.2) is 0 Å². The molecule has 3 heterocycles. The Morgan fingerprint density at radius 2 is 1.90 bits per heavy atom. The summed E-state index contributed by atoms with van der Waals surface area (Å²) < 4.78 is 0. The quantitative estimate of drug-likeness (QED) is 0.571. The van der Waals surface area contributed by atoms with E-state index in [0.29, 0.717) is 37.6 Å². The smallest absolute Gasteiger partial charge is 0.258 e. The lowest BCUT2D eigenvalue weighted by molar-refractivity contribution is -0.123. The molecule has 2 aliphatic rings. The van der Waals surface area contributed by atoms with Crippen LogP contribution in [0.3, 0.4) is 0 Å². The number of anilines is 3. The number of nitrogens with two attached hydrogens (primary N) is 1. The number of rotatable bonds is 4. The van der Waals surface area contributed by atoms with Crippen molar-refractivity contribution in [2.45, 2.75) is 32.1 Å². The zero-order valence-corrected chi connectivity index (χ0v) is 17.1. The number of piperidine rings is 1. The van der Waals surface area contributed by atoms with E-state index in [1.807, 2.05) is 24.0 Å². The molecule has 2 aromatic rings. The molecule has 1 aromatic heterocycles. The van der Waals surface area contributed by atoms with E-state index in [2.05, 4.69) is 20.6 Å². The average molecular weight is 424 g/mol. The number of aryl methyl sites for hydroxylation is 1. The molecule has 162 valence electrons. The Morgan fingerprint density at radius 1 is 1.19 bits per heavy atom. The fourth-order valence-electron chi connectivity index (χ4n) is 4.04. The number of amides is 3. The molecule has 0 radical (unpaired) electrons. The molecular weight excluding hydrogens is 400 g/mol. The lowest BCUT2D eigenvalue weighted by Crippen LogP contribution is -2.41. The van der Waals surface area contributed by atoms with E-state index in [0.717, 1.165) is 5.56 Å². The minimum Gasteiger partial charge on any atom is -0.369 e. The Bertz CT molecular complexity index is 1100. The molecule has 1 unspecified atom stereocenters. The molecule has 3 amide bonds. The molecule has 1 saturated heterocycles. The van der Waals surface area contributed by atoms with Crippen LogP contribution in [0.15, 0.2) is 29.1 Å². The van der Waals surface area contributed by atoms with Gasteiger partial charge in [-0.3, -0.25) is 24.2 Å². The number of carbonyl (C=O) groups excluding carboxylic acids is 3. The predicted molar refractivity (Wildman–Crippen MR) is 115 cm³/mol. The number of nitrogens with zero attached hydrogens (tertiary/aromatic N) is 2. The summed E-state index contributed by atoms with van der Waals surface area (Å²) in [6, 6.07) is 7.28. The van der Waals surface area contributed by atoms with Crippen molar-refractivity contribution in [3.8, 4) is 0 Å².